The molecule has 21 heavy (non-hydrogen) atoms. The lowest BCUT2D eigenvalue weighted by Crippen LogP contribution is -2.42. The number of rotatable bonds is 4. The smallest absolute Gasteiger partial charge is 0.282 e. The molecule has 0 unspecified atom stereocenters. The number of aryl methyl sites for hydroxylation is 2. The van der Waals surface area contributed by atoms with Gasteiger partial charge in [-0.3, -0.25) is 10.2 Å². The first-order valence-electron chi connectivity index (χ1n) is 6.01. The van der Waals surface area contributed by atoms with Crippen LogP contribution in [0, 0.1) is 6.92 Å². The zero-order valence-electron chi connectivity index (χ0n) is 11.4. The summed E-state index contributed by atoms with van der Waals surface area (Å²) in [6, 6.07) is 7.66. The third-order valence-corrected chi connectivity index (χ3v) is 4.54. The second-order valence-electron chi connectivity index (χ2n) is 4.47. The minimum Gasteiger partial charge on any atom is -0.347 e. The molecule has 6 nitrogen and oxygen atoms in total. The fourth-order valence-electron chi connectivity index (χ4n) is 1.84. The molecule has 0 atom stereocenters. The molecule has 112 valence electrons. The lowest BCUT2D eigenvalue weighted by molar-refractivity contribution is 0.0937. The Morgan fingerprint density at radius 3 is 2.57 bits per heavy atom. The van der Waals surface area contributed by atoms with Crippen molar-refractivity contribution in [1.29, 1.82) is 0 Å². The van der Waals surface area contributed by atoms with Crippen LogP contribution in [-0.2, 0) is 17.1 Å². The Morgan fingerprint density at radius 2 is 2.00 bits per heavy atom. The van der Waals surface area contributed by atoms with Crippen LogP contribution in [0.3, 0.4) is 0 Å². The van der Waals surface area contributed by atoms with Gasteiger partial charge in [0.1, 0.15) is 5.69 Å². The lowest BCUT2D eigenvalue weighted by Gasteiger charge is -2.11. The van der Waals surface area contributed by atoms with Gasteiger partial charge in [-0.15, -0.1) is 4.83 Å². The molecule has 1 aromatic carbocycles. The van der Waals surface area contributed by atoms with Crippen molar-refractivity contribution in [2.75, 3.05) is 0 Å². The number of nitrogens with one attached hydrogen (secondary N) is 2. The molecule has 8 heteroatoms. The van der Waals surface area contributed by atoms with Crippen LogP contribution in [0.5, 0.6) is 0 Å². The standard InChI is InChI=1S/C13H14ClN3O3S/c1-9-8-10(14)5-6-12(9)21(19,20)16-15-13(18)11-4-3-7-17(11)2/h3-8,16H,1-2H3,(H,15,18). The third kappa shape index (κ3) is 3.44. The molecule has 0 fully saturated rings. The van der Waals surface area contributed by atoms with E-state index >= 15 is 0 Å². The van der Waals surface area contributed by atoms with Crippen molar-refractivity contribution in [2.45, 2.75) is 11.8 Å². The Bertz CT molecular complexity index is 784. The minimum absolute atomic E-state index is 0.0547. The number of hydrogen-bond acceptors (Lipinski definition) is 3. The van der Waals surface area contributed by atoms with Crippen molar-refractivity contribution in [3.8, 4) is 0 Å². The predicted octanol–water partition coefficient (Wildman–Crippen LogP) is 1.61. The lowest BCUT2D eigenvalue weighted by atomic mass is 10.2. The Balaban J connectivity index is 2.15. The van der Waals surface area contributed by atoms with Crippen molar-refractivity contribution >= 4 is 27.5 Å². The number of carbonyl (C=O) groups is 1. The van der Waals surface area contributed by atoms with Crippen LogP contribution in [0.1, 0.15) is 16.1 Å². The van der Waals surface area contributed by atoms with E-state index in [2.05, 4.69) is 10.3 Å². The van der Waals surface area contributed by atoms with Gasteiger partial charge in [-0.25, -0.2) is 8.42 Å². The molecule has 0 aliphatic heterocycles. The molecular formula is C13H14ClN3O3S. The molecule has 0 saturated heterocycles. The van der Waals surface area contributed by atoms with E-state index in [0.29, 0.717) is 16.3 Å². The van der Waals surface area contributed by atoms with Gasteiger partial charge in [0.15, 0.2) is 0 Å². The van der Waals surface area contributed by atoms with Gasteiger partial charge in [-0.1, -0.05) is 11.6 Å². The zero-order chi connectivity index (χ0) is 15.6. The van der Waals surface area contributed by atoms with Crippen LogP contribution in [0.4, 0.5) is 0 Å². The van der Waals surface area contributed by atoms with Crippen molar-refractivity contribution in [1.82, 2.24) is 14.8 Å². The highest BCUT2D eigenvalue weighted by Gasteiger charge is 2.18. The number of aromatic nitrogens is 1. The maximum absolute atomic E-state index is 12.1. The predicted molar refractivity (Wildman–Crippen MR) is 79.4 cm³/mol. The van der Waals surface area contributed by atoms with E-state index in [1.54, 1.807) is 36.9 Å². The second kappa shape index (κ2) is 5.88. The molecule has 0 aliphatic rings. The van der Waals surface area contributed by atoms with Gasteiger partial charge < -0.3 is 4.57 Å². The number of carbonyl (C=O) groups excluding carboxylic acids is 1. The summed E-state index contributed by atoms with van der Waals surface area (Å²) in [4.78, 5) is 14.0. The van der Waals surface area contributed by atoms with E-state index in [4.69, 9.17) is 11.6 Å². The third-order valence-electron chi connectivity index (χ3n) is 2.90. The van der Waals surface area contributed by atoms with Gasteiger partial charge in [-0.05, 0) is 42.8 Å². The molecule has 0 spiro atoms. The highest BCUT2D eigenvalue weighted by atomic mass is 35.5. The average Bonchev–Trinajstić information content (AvgIpc) is 2.82. The molecular weight excluding hydrogens is 314 g/mol. The van der Waals surface area contributed by atoms with Gasteiger partial charge >= 0.3 is 0 Å². The van der Waals surface area contributed by atoms with Gasteiger partial charge in [0.2, 0.25) is 0 Å². The Hall–Kier alpha value is -1.83. The highest BCUT2D eigenvalue weighted by molar-refractivity contribution is 7.89. The first kappa shape index (κ1) is 15.6. The van der Waals surface area contributed by atoms with Crippen molar-refractivity contribution in [2.24, 2.45) is 7.05 Å². The first-order valence-corrected chi connectivity index (χ1v) is 7.87. The summed E-state index contributed by atoms with van der Waals surface area (Å²) in [6.45, 7) is 1.62. The van der Waals surface area contributed by atoms with Gasteiger partial charge in [0.25, 0.3) is 15.9 Å². The molecule has 1 aromatic heterocycles. The summed E-state index contributed by atoms with van der Waals surface area (Å²) >= 11 is 5.79. The van der Waals surface area contributed by atoms with E-state index in [0.717, 1.165) is 0 Å². The quantitative estimate of drug-likeness (QED) is 0.837. The molecule has 0 bridgehead atoms. The van der Waals surface area contributed by atoms with Crippen molar-refractivity contribution in [3.05, 3.63) is 52.8 Å². The average molecular weight is 328 g/mol. The summed E-state index contributed by atoms with van der Waals surface area (Å²) in [5.41, 5.74) is 3.00. The maximum Gasteiger partial charge on any atom is 0.282 e. The zero-order valence-corrected chi connectivity index (χ0v) is 13.0. The largest absolute Gasteiger partial charge is 0.347 e. The van der Waals surface area contributed by atoms with E-state index < -0.39 is 15.9 Å². The summed E-state index contributed by atoms with van der Waals surface area (Å²) < 4.78 is 25.9. The molecule has 2 N–H and O–H groups in total. The topological polar surface area (TPSA) is 80.2 Å². The summed E-state index contributed by atoms with van der Waals surface area (Å²) in [6.07, 6.45) is 1.69. The fourth-order valence-corrected chi connectivity index (χ4v) is 3.14. The SMILES string of the molecule is Cc1cc(Cl)ccc1S(=O)(=O)NNC(=O)c1cccn1C. The number of halogens is 1. The molecule has 1 amide bonds. The second-order valence-corrected chi connectivity index (χ2v) is 6.56. The minimum atomic E-state index is -3.86. The van der Waals surface area contributed by atoms with Gasteiger partial charge in [0, 0.05) is 18.3 Å². The molecule has 2 aromatic rings. The fraction of sp³-hybridized carbons (Fsp3) is 0.154. The summed E-state index contributed by atoms with van der Waals surface area (Å²) in [5, 5.41) is 0.444. The number of benzene rings is 1. The van der Waals surface area contributed by atoms with Crippen molar-refractivity contribution < 1.29 is 13.2 Å². The molecule has 2 rings (SSSR count). The van der Waals surface area contributed by atoms with E-state index in [1.807, 2.05) is 0 Å². The van der Waals surface area contributed by atoms with E-state index in [-0.39, 0.29) is 4.90 Å². The number of nitrogens with zero attached hydrogens (tertiary/aromatic N) is 1. The van der Waals surface area contributed by atoms with Crippen molar-refractivity contribution in [3.63, 3.8) is 0 Å². The van der Waals surface area contributed by atoms with Crippen LogP contribution < -0.4 is 10.3 Å². The number of sulfonamides is 1. The van der Waals surface area contributed by atoms with Crippen LogP contribution in [0.15, 0.2) is 41.4 Å². The van der Waals surface area contributed by atoms with Gasteiger partial charge in [0.05, 0.1) is 4.90 Å². The van der Waals surface area contributed by atoms with Crippen LogP contribution >= 0.6 is 11.6 Å². The summed E-state index contributed by atoms with van der Waals surface area (Å²) in [5.74, 6) is -0.544. The van der Waals surface area contributed by atoms with Crippen LogP contribution in [-0.4, -0.2) is 18.9 Å². The number of hydrazine groups is 1. The van der Waals surface area contributed by atoms with Crippen LogP contribution in [0.2, 0.25) is 5.02 Å². The molecule has 1 heterocycles. The number of amides is 1. The Kier molecular flexibility index (Phi) is 4.36. The Labute approximate surface area is 127 Å². The molecule has 0 aliphatic carbocycles. The number of hydrogen-bond donors (Lipinski definition) is 2. The normalized spacial score (nSPS) is 11.4. The first-order chi connectivity index (χ1) is 9.81. The van der Waals surface area contributed by atoms with Crippen LogP contribution in [0.25, 0.3) is 0 Å². The van der Waals surface area contributed by atoms with E-state index in [9.17, 15) is 13.2 Å². The highest BCUT2D eigenvalue weighted by Crippen LogP contribution is 2.19. The maximum atomic E-state index is 12.1. The molecule has 0 saturated carbocycles. The van der Waals surface area contributed by atoms with Gasteiger partial charge in [-0.2, -0.15) is 0 Å². The monoisotopic (exact) mass is 327 g/mol. The Morgan fingerprint density at radius 1 is 1.29 bits per heavy atom. The van der Waals surface area contributed by atoms with E-state index in [1.165, 1.54) is 18.2 Å². The summed E-state index contributed by atoms with van der Waals surface area (Å²) in [7, 11) is -2.17. The molecule has 0 radical (unpaired) electrons.